The number of benzene rings is 1. The fraction of sp³-hybridized carbons (Fsp3) is 0.353. The monoisotopic (exact) mass is 376 g/mol. The second kappa shape index (κ2) is 7.30. The van der Waals surface area contributed by atoms with Crippen LogP contribution >= 0.6 is 12.2 Å². The first-order valence-electron chi connectivity index (χ1n) is 8.03. The minimum absolute atomic E-state index is 0.00680. The zero-order valence-electron chi connectivity index (χ0n) is 14.5. The number of rotatable bonds is 5. The van der Waals surface area contributed by atoms with Crippen LogP contribution in [0, 0.1) is 4.77 Å². The highest BCUT2D eigenvalue weighted by Crippen LogP contribution is 2.32. The lowest BCUT2D eigenvalue weighted by Gasteiger charge is -2.37. The molecule has 0 spiro atoms. The van der Waals surface area contributed by atoms with E-state index in [1.165, 1.54) is 13.2 Å². The van der Waals surface area contributed by atoms with E-state index in [0.29, 0.717) is 35.8 Å². The molecule has 26 heavy (non-hydrogen) atoms. The van der Waals surface area contributed by atoms with Crippen LogP contribution in [0.1, 0.15) is 0 Å². The van der Waals surface area contributed by atoms with Crippen molar-refractivity contribution in [2.45, 2.75) is 12.6 Å². The maximum absolute atomic E-state index is 12.5. The summed E-state index contributed by atoms with van der Waals surface area (Å²) < 4.78 is 12.4. The van der Waals surface area contributed by atoms with Gasteiger partial charge in [0.25, 0.3) is 5.56 Å². The molecule has 1 aliphatic heterocycles. The van der Waals surface area contributed by atoms with Crippen molar-refractivity contribution in [1.29, 1.82) is 0 Å². The van der Waals surface area contributed by atoms with Crippen molar-refractivity contribution < 1.29 is 14.3 Å². The molecule has 0 saturated carbocycles. The molecular weight excluding hydrogens is 356 g/mol. The van der Waals surface area contributed by atoms with E-state index < -0.39 is 0 Å². The second-order valence-electron chi connectivity index (χ2n) is 6.04. The van der Waals surface area contributed by atoms with Gasteiger partial charge in [0.2, 0.25) is 5.91 Å². The van der Waals surface area contributed by atoms with Crippen molar-refractivity contribution >= 4 is 18.1 Å². The molecule has 0 unspecified atom stereocenters. The van der Waals surface area contributed by atoms with Crippen LogP contribution in [0.4, 0.5) is 0 Å². The van der Waals surface area contributed by atoms with Gasteiger partial charge in [-0.05, 0) is 24.4 Å². The van der Waals surface area contributed by atoms with Crippen molar-refractivity contribution in [3.63, 3.8) is 0 Å². The summed E-state index contributed by atoms with van der Waals surface area (Å²) in [6.45, 7) is 1.06. The third-order valence-corrected chi connectivity index (χ3v) is 4.60. The smallest absolute Gasteiger partial charge is 0.252 e. The van der Waals surface area contributed by atoms with Gasteiger partial charge in [-0.15, -0.1) is 0 Å². The van der Waals surface area contributed by atoms with Gasteiger partial charge >= 0.3 is 0 Å². The van der Waals surface area contributed by atoms with Crippen molar-refractivity contribution in [3.8, 4) is 22.8 Å². The van der Waals surface area contributed by atoms with Crippen molar-refractivity contribution in [1.82, 2.24) is 14.5 Å². The molecule has 1 aromatic carbocycles. The number of hydrogen-bond donors (Lipinski definition) is 2. The van der Waals surface area contributed by atoms with E-state index >= 15 is 0 Å². The number of aromatic amines is 1. The van der Waals surface area contributed by atoms with E-state index in [0.717, 1.165) is 0 Å². The molecule has 138 valence electrons. The van der Waals surface area contributed by atoms with E-state index in [2.05, 4.69) is 4.98 Å². The Hall–Kier alpha value is -2.65. The number of nitrogens with two attached hydrogens (primary N) is 1. The molecule has 1 amide bonds. The Morgan fingerprint density at radius 1 is 1.31 bits per heavy atom. The van der Waals surface area contributed by atoms with Gasteiger partial charge in [-0.25, -0.2) is 0 Å². The fourth-order valence-electron chi connectivity index (χ4n) is 2.86. The van der Waals surface area contributed by atoms with Gasteiger partial charge in [0.1, 0.15) is 18.0 Å². The topological polar surface area (TPSA) is 103 Å². The number of hydrogen-bond acceptors (Lipinski definition) is 6. The van der Waals surface area contributed by atoms with Gasteiger partial charge in [0, 0.05) is 36.8 Å². The Balaban J connectivity index is 2.06. The average molecular weight is 376 g/mol. The largest absolute Gasteiger partial charge is 0.497 e. The maximum atomic E-state index is 12.5. The molecule has 1 aromatic heterocycles. The first-order chi connectivity index (χ1) is 12.4. The summed E-state index contributed by atoms with van der Waals surface area (Å²) >= 11 is 5.28. The highest BCUT2D eigenvalue weighted by molar-refractivity contribution is 7.71. The fourth-order valence-corrected chi connectivity index (χ4v) is 3.13. The van der Waals surface area contributed by atoms with Gasteiger partial charge in [-0.2, -0.15) is 0 Å². The molecule has 1 fully saturated rings. The van der Waals surface area contributed by atoms with Gasteiger partial charge < -0.3 is 24.7 Å². The minimum atomic E-state index is -0.349. The van der Waals surface area contributed by atoms with Crippen LogP contribution in [0.2, 0.25) is 0 Å². The van der Waals surface area contributed by atoms with Gasteiger partial charge in [-0.1, -0.05) is 0 Å². The predicted octanol–water partition coefficient (Wildman–Crippen LogP) is 0.760. The molecule has 9 heteroatoms. The highest BCUT2D eigenvalue weighted by Gasteiger charge is 2.28. The molecule has 2 heterocycles. The highest BCUT2D eigenvalue weighted by atomic mass is 32.1. The van der Waals surface area contributed by atoms with Crippen LogP contribution in [0.15, 0.2) is 29.1 Å². The zero-order chi connectivity index (χ0) is 18.8. The van der Waals surface area contributed by atoms with Crippen LogP contribution in [0.3, 0.4) is 0 Å². The van der Waals surface area contributed by atoms with E-state index in [-0.39, 0.29) is 28.8 Å². The Bertz CT molecular complexity index is 947. The van der Waals surface area contributed by atoms with Crippen LogP contribution in [0.25, 0.3) is 11.3 Å². The number of carbonyl (C=O) groups is 1. The summed E-state index contributed by atoms with van der Waals surface area (Å²) in [5.74, 6) is 1.02. The lowest BCUT2D eigenvalue weighted by Crippen LogP contribution is -2.58. The summed E-state index contributed by atoms with van der Waals surface area (Å²) in [7, 11) is 3.08. The SMILES string of the molecule is COc1ccc(-c2cc(=O)[nH]c(=S)n2CC(=O)N2CC(N)C2)c(OC)c1. The molecular formula is C17H20N4O4S. The zero-order valence-corrected chi connectivity index (χ0v) is 15.3. The van der Waals surface area contributed by atoms with Crippen LogP contribution < -0.4 is 20.8 Å². The van der Waals surface area contributed by atoms with E-state index in [1.807, 2.05) is 0 Å². The average Bonchev–Trinajstić information content (AvgIpc) is 2.60. The molecule has 1 aliphatic rings. The first kappa shape index (κ1) is 18.2. The molecule has 0 bridgehead atoms. The number of methoxy groups -OCH3 is 2. The third kappa shape index (κ3) is 3.49. The summed E-state index contributed by atoms with van der Waals surface area (Å²) in [4.78, 5) is 28.7. The third-order valence-electron chi connectivity index (χ3n) is 4.27. The molecule has 3 N–H and O–H groups in total. The Morgan fingerprint density at radius 2 is 2.04 bits per heavy atom. The van der Waals surface area contributed by atoms with Gasteiger partial charge in [0.15, 0.2) is 4.77 Å². The van der Waals surface area contributed by atoms with E-state index in [1.54, 1.807) is 34.8 Å². The molecule has 1 saturated heterocycles. The first-order valence-corrected chi connectivity index (χ1v) is 8.43. The molecule has 0 aliphatic carbocycles. The maximum Gasteiger partial charge on any atom is 0.252 e. The van der Waals surface area contributed by atoms with Crippen LogP contribution in [-0.2, 0) is 11.3 Å². The quantitative estimate of drug-likeness (QED) is 0.747. The summed E-state index contributed by atoms with van der Waals surface area (Å²) in [5.41, 5.74) is 6.52. The normalized spacial score (nSPS) is 14.0. The van der Waals surface area contributed by atoms with Gasteiger partial charge in [-0.3, -0.25) is 14.6 Å². The van der Waals surface area contributed by atoms with E-state index in [4.69, 9.17) is 27.4 Å². The van der Waals surface area contributed by atoms with Crippen molar-refractivity contribution in [3.05, 3.63) is 39.4 Å². The lowest BCUT2D eigenvalue weighted by molar-refractivity contribution is -0.136. The number of nitrogens with zero attached hydrogens (tertiary/aromatic N) is 2. The Labute approximate surface area is 155 Å². The summed E-state index contributed by atoms with van der Waals surface area (Å²) in [6.07, 6.45) is 0. The summed E-state index contributed by atoms with van der Waals surface area (Å²) in [6, 6.07) is 6.64. The van der Waals surface area contributed by atoms with Crippen molar-refractivity contribution in [2.24, 2.45) is 5.73 Å². The van der Waals surface area contributed by atoms with Crippen molar-refractivity contribution in [2.75, 3.05) is 27.3 Å². The molecule has 0 atom stereocenters. The van der Waals surface area contributed by atoms with Crippen LogP contribution in [0.5, 0.6) is 11.5 Å². The second-order valence-corrected chi connectivity index (χ2v) is 6.42. The lowest BCUT2D eigenvalue weighted by atomic mass is 10.1. The molecule has 3 rings (SSSR count). The number of H-pyrrole nitrogens is 1. The number of likely N-dealkylation sites (tertiary alicyclic amines) is 1. The molecule has 8 nitrogen and oxygen atoms in total. The minimum Gasteiger partial charge on any atom is -0.497 e. The number of amides is 1. The van der Waals surface area contributed by atoms with E-state index in [9.17, 15) is 9.59 Å². The number of nitrogens with one attached hydrogen (secondary N) is 1. The predicted molar refractivity (Wildman–Crippen MR) is 99.0 cm³/mol. The number of carbonyl (C=O) groups excluding carboxylic acids is 1. The Morgan fingerprint density at radius 3 is 2.65 bits per heavy atom. The van der Waals surface area contributed by atoms with Gasteiger partial charge in [0.05, 0.1) is 19.9 Å². The summed E-state index contributed by atoms with van der Waals surface area (Å²) in [5, 5.41) is 0. The van der Waals surface area contributed by atoms with Crippen LogP contribution in [-0.4, -0.2) is 53.7 Å². The Kier molecular flexibility index (Phi) is 5.10. The molecule has 0 radical (unpaired) electrons. The number of ether oxygens (including phenoxy) is 2. The molecule has 2 aromatic rings. The standard InChI is InChI=1S/C17H20N4O4S/c1-24-11-3-4-12(14(5-11)25-2)13-6-15(22)19-17(26)21(13)9-16(23)20-7-10(18)8-20/h3-6,10H,7-9,18H2,1-2H3,(H,19,22,26). The number of aromatic nitrogens is 2.